The summed E-state index contributed by atoms with van der Waals surface area (Å²) >= 11 is 2.14. The third-order valence-corrected chi connectivity index (χ3v) is 2.44. The van der Waals surface area contributed by atoms with Crippen LogP contribution in [0.25, 0.3) is 0 Å². The van der Waals surface area contributed by atoms with Crippen molar-refractivity contribution in [3.8, 4) is 0 Å². The Morgan fingerprint density at radius 2 is 2.25 bits per heavy atom. The zero-order valence-corrected chi connectivity index (χ0v) is 6.76. The van der Waals surface area contributed by atoms with E-state index in [9.17, 15) is 0 Å². The average Bonchev–Trinajstić information content (AvgIpc) is 2.14. The van der Waals surface area contributed by atoms with Gasteiger partial charge in [0.15, 0.2) is 0 Å². The van der Waals surface area contributed by atoms with Crippen LogP contribution in [0.5, 0.6) is 0 Å². The summed E-state index contributed by atoms with van der Waals surface area (Å²) in [5, 5.41) is 8.99. The fourth-order valence-electron chi connectivity index (χ4n) is 1.06. The second kappa shape index (κ2) is 2.98. The summed E-state index contributed by atoms with van der Waals surface area (Å²) in [7, 11) is 0. The molecule has 0 aromatic rings. The van der Waals surface area contributed by atoms with Gasteiger partial charge in [0.1, 0.15) is 0 Å². The predicted molar refractivity (Wildman–Crippen MR) is 40.8 cm³/mol. The molecule has 0 bridgehead atoms. The zero-order valence-electron chi connectivity index (χ0n) is 4.60. The smallest absolute Gasteiger partial charge is 0.0556 e. The number of aliphatic hydroxyl groups excluding tert-OH is 1. The van der Waals surface area contributed by atoms with Gasteiger partial charge in [0.25, 0.3) is 0 Å². The van der Waals surface area contributed by atoms with E-state index in [0.29, 0.717) is 6.04 Å². The molecule has 2 nitrogen and oxygen atoms in total. The first-order valence-corrected chi connectivity index (χ1v) is 3.95. The summed E-state index contributed by atoms with van der Waals surface area (Å²) in [4.78, 5) is 0. The van der Waals surface area contributed by atoms with E-state index >= 15 is 0 Å². The maximum absolute atomic E-state index is 8.99. The summed E-state index contributed by atoms with van der Waals surface area (Å²) in [6.07, 6.45) is 3.00. The molecule has 1 fully saturated rings. The van der Waals surface area contributed by atoms with Gasteiger partial charge in [0.2, 0.25) is 0 Å². The van der Waals surface area contributed by atoms with Crippen LogP contribution in [0.2, 0.25) is 0 Å². The van der Waals surface area contributed by atoms with Crippen molar-refractivity contribution in [2.45, 2.75) is 31.4 Å². The molecule has 0 spiro atoms. The van der Waals surface area contributed by atoms with Crippen LogP contribution in [0.3, 0.4) is 0 Å². The number of hydrogen-bond donors (Lipinski definition) is 2. The molecule has 1 aliphatic rings. The van der Waals surface area contributed by atoms with Gasteiger partial charge in [0.05, 0.1) is 6.10 Å². The van der Waals surface area contributed by atoms with Crippen LogP contribution in [0.4, 0.5) is 0 Å². The Balaban J connectivity index is 2.22. The van der Waals surface area contributed by atoms with Crippen LogP contribution in [-0.4, -0.2) is 17.3 Å². The molecule has 0 amide bonds. The molecule has 2 N–H and O–H groups in total. The Morgan fingerprint density at radius 1 is 1.50 bits per heavy atom. The van der Waals surface area contributed by atoms with Crippen molar-refractivity contribution in [1.29, 1.82) is 0 Å². The highest BCUT2D eigenvalue weighted by molar-refractivity contribution is 14.1. The zero-order chi connectivity index (χ0) is 5.98. The van der Waals surface area contributed by atoms with E-state index in [0.717, 1.165) is 19.3 Å². The lowest BCUT2D eigenvalue weighted by Gasteiger charge is -2.02. The molecule has 0 aromatic heterocycles. The van der Waals surface area contributed by atoms with Crippen LogP contribution in [0, 0.1) is 0 Å². The van der Waals surface area contributed by atoms with Crippen LogP contribution in [-0.2, 0) is 0 Å². The van der Waals surface area contributed by atoms with E-state index in [-0.39, 0.29) is 6.10 Å². The van der Waals surface area contributed by atoms with Gasteiger partial charge in [0, 0.05) is 28.9 Å². The lowest BCUT2D eigenvalue weighted by atomic mass is 10.3. The quantitative estimate of drug-likeness (QED) is 0.514. The Kier molecular flexibility index (Phi) is 2.52. The van der Waals surface area contributed by atoms with Gasteiger partial charge >= 0.3 is 0 Å². The highest BCUT2D eigenvalue weighted by Gasteiger charge is 2.20. The Bertz CT molecular complexity index is 78.8. The van der Waals surface area contributed by atoms with Crippen molar-refractivity contribution < 1.29 is 5.11 Å². The molecule has 48 valence electrons. The van der Waals surface area contributed by atoms with Crippen molar-refractivity contribution in [3.63, 3.8) is 0 Å². The first-order chi connectivity index (χ1) is 3.83. The third-order valence-electron chi connectivity index (χ3n) is 1.56. The molecule has 8 heavy (non-hydrogen) atoms. The third kappa shape index (κ3) is 1.56. The van der Waals surface area contributed by atoms with Crippen molar-refractivity contribution >= 4 is 22.9 Å². The van der Waals surface area contributed by atoms with Crippen molar-refractivity contribution in [2.75, 3.05) is 0 Å². The SMILES string of the molecule is O[C@H]1CC[C@H](NI)C1. The summed E-state index contributed by atoms with van der Waals surface area (Å²) in [6, 6.07) is 0.561. The first-order valence-electron chi connectivity index (χ1n) is 2.87. The lowest BCUT2D eigenvalue weighted by molar-refractivity contribution is 0.181. The normalized spacial score (nSPS) is 38.2. The molecule has 2 atom stereocenters. The van der Waals surface area contributed by atoms with Gasteiger partial charge in [-0.25, -0.2) is 0 Å². The largest absolute Gasteiger partial charge is 0.393 e. The highest BCUT2D eigenvalue weighted by atomic mass is 127. The van der Waals surface area contributed by atoms with E-state index in [1.165, 1.54) is 0 Å². The number of hydrogen-bond acceptors (Lipinski definition) is 2. The average molecular weight is 227 g/mol. The van der Waals surface area contributed by atoms with Crippen LogP contribution < -0.4 is 3.53 Å². The van der Waals surface area contributed by atoms with Gasteiger partial charge in [-0.1, -0.05) is 0 Å². The summed E-state index contributed by atoms with van der Waals surface area (Å²) in [5.74, 6) is 0. The maximum atomic E-state index is 8.99. The van der Waals surface area contributed by atoms with Crippen LogP contribution >= 0.6 is 22.9 Å². The molecule has 1 aliphatic carbocycles. The monoisotopic (exact) mass is 227 g/mol. The minimum atomic E-state index is -0.0396. The molecule has 0 aromatic carbocycles. The van der Waals surface area contributed by atoms with Gasteiger partial charge in [-0.15, -0.1) is 0 Å². The van der Waals surface area contributed by atoms with Crippen molar-refractivity contribution in [3.05, 3.63) is 0 Å². The van der Waals surface area contributed by atoms with E-state index in [4.69, 9.17) is 5.11 Å². The topological polar surface area (TPSA) is 32.3 Å². The Hall–Kier alpha value is 0.650. The predicted octanol–water partition coefficient (Wildman–Crippen LogP) is 0.839. The van der Waals surface area contributed by atoms with E-state index in [1.807, 2.05) is 0 Å². The molecular formula is C5H10INO. The summed E-state index contributed by atoms with van der Waals surface area (Å²) < 4.78 is 3.10. The van der Waals surface area contributed by atoms with Crippen molar-refractivity contribution in [1.82, 2.24) is 3.53 Å². The molecule has 1 saturated carbocycles. The molecule has 0 aliphatic heterocycles. The van der Waals surface area contributed by atoms with Crippen LogP contribution in [0.15, 0.2) is 0 Å². The van der Waals surface area contributed by atoms with Crippen LogP contribution in [0.1, 0.15) is 19.3 Å². The number of rotatable bonds is 1. The molecule has 1 rings (SSSR count). The summed E-state index contributed by atoms with van der Waals surface area (Å²) in [6.45, 7) is 0. The molecular weight excluding hydrogens is 217 g/mol. The minimum Gasteiger partial charge on any atom is -0.393 e. The number of halogens is 1. The highest BCUT2D eigenvalue weighted by Crippen LogP contribution is 2.18. The second-order valence-corrected chi connectivity index (χ2v) is 2.90. The van der Waals surface area contributed by atoms with E-state index < -0.39 is 0 Å². The standard InChI is InChI=1S/C5H10INO/c6-7-4-1-2-5(8)3-4/h4-5,7-8H,1-3H2/t4-,5-/m0/s1. The molecule has 0 unspecified atom stereocenters. The van der Waals surface area contributed by atoms with Gasteiger partial charge in [-0.05, 0) is 19.3 Å². The van der Waals surface area contributed by atoms with Gasteiger partial charge in [-0.2, -0.15) is 0 Å². The fraction of sp³-hybridized carbons (Fsp3) is 1.00. The second-order valence-electron chi connectivity index (χ2n) is 2.27. The van der Waals surface area contributed by atoms with E-state index in [1.54, 1.807) is 0 Å². The summed E-state index contributed by atoms with van der Waals surface area (Å²) in [5.41, 5.74) is 0. The molecule has 0 radical (unpaired) electrons. The molecule has 0 saturated heterocycles. The van der Waals surface area contributed by atoms with E-state index in [2.05, 4.69) is 26.4 Å². The lowest BCUT2D eigenvalue weighted by Crippen LogP contribution is -2.16. The number of aliphatic hydroxyl groups is 1. The van der Waals surface area contributed by atoms with Crippen molar-refractivity contribution in [2.24, 2.45) is 0 Å². The van der Waals surface area contributed by atoms with Gasteiger partial charge < -0.3 is 5.11 Å². The number of nitrogens with one attached hydrogen (secondary N) is 1. The molecule has 3 heteroatoms. The Morgan fingerprint density at radius 3 is 2.50 bits per heavy atom. The fourth-order valence-corrected chi connectivity index (χ4v) is 1.62. The van der Waals surface area contributed by atoms with Gasteiger partial charge in [-0.3, -0.25) is 3.53 Å². The first kappa shape index (κ1) is 6.77. The Labute approximate surface area is 63.2 Å². The minimum absolute atomic E-state index is 0.0396. The molecule has 0 heterocycles. The maximum Gasteiger partial charge on any atom is 0.0556 e.